The summed E-state index contributed by atoms with van der Waals surface area (Å²) in [6.07, 6.45) is -4.37. The van der Waals surface area contributed by atoms with Crippen molar-refractivity contribution < 1.29 is 13.2 Å². The van der Waals surface area contributed by atoms with Gasteiger partial charge in [-0.05, 0) is 18.1 Å². The Bertz CT molecular complexity index is 482. The minimum atomic E-state index is -4.37. The number of rotatable bonds is 1. The molecule has 1 aliphatic rings. The van der Waals surface area contributed by atoms with Gasteiger partial charge in [-0.15, -0.1) is 12.4 Å². The maximum Gasteiger partial charge on any atom is 0.406 e. The van der Waals surface area contributed by atoms with E-state index >= 15 is 0 Å². The number of alkyl halides is 3. The predicted octanol–water partition coefficient (Wildman–Crippen LogP) is 1.74. The monoisotopic (exact) mass is 268 g/mol. The fraction of sp³-hybridized carbons (Fsp3) is 0.500. The second kappa shape index (κ2) is 4.70. The molecule has 2 rings (SSSR count). The Morgan fingerprint density at radius 1 is 1.41 bits per heavy atom. The molecule has 0 unspecified atom stereocenters. The van der Waals surface area contributed by atoms with Crippen LogP contribution in [-0.2, 0) is 19.6 Å². The molecule has 96 valence electrons. The Morgan fingerprint density at radius 3 is 2.65 bits per heavy atom. The molecule has 0 aliphatic carbocycles. The van der Waals surface area contributed by atoms with Crippen molar-refractivity contribution in [1.82, 2.24) is 9.88 Å². The second-order valence-electron chi connectivity index (χ2n) is 3.90. The third-order valence-corrected chi connectivity index (χ3v) is 2.69. The molecule has 0 spiro atoms. The van der Waals surface area contributed by atoms with Crippen LogP contribution in [0.2, 0.25) is 0 Å². The van der Waals surface area contributed by atoms with Gasteiger partial charge in [0.2, 0.25) is 0 Å². The van der Waals surface area contributed by atoms with E-state index in [-0.39, 0.29) is 12.4 Å². The zero-order chi connectivity index (χ0) is 11.9. The van der Waals surface area contributed by atoms with Crippen LogP contribution in [0.15, 0.2) is 10.9 Å². The third-order valence-electron chi connectivity index (χ3n) is 2.69. The highest BCUT2D eigenvalue weighted by Gasteiger charge is 2.31. The summed E-state index contributed by atoms with van der Waals surface area (Å²) in [5, 5.41) is 2.95. The third kappa shape index (κ3) is 2.81. The first-order valence-corrected chi connectivity index (χ1v) is 4.88. The van der Waals surface area contributed by atoms with E-state index in [1.54, 1.807) is 6.92 Å². The van der Waals surface area contributed by atoms with E-state index in [0.717, 1.165) is 15.7 Å². The van der Waals surface area contributed by atoms with Gasteiger partial charge < -0.3 is 9.88 Å². The number of fused-ring (bicyclic) bond motifs is 1. The first-order chi connectivity index (χ1) is 7.38. The number of pyridine rings is 1. The molecule has 0 saturated heterocycles. The number of hydrogen-bond acceptors (Lipinski definition) is 2. The summed E-state index contributed by atoms with van der Waals surface area (Å²) < 4.78 is 37.7. The molecule has 0 fully saturated rings. The van der Waals surface area contributed by atoms with Crippen LogP contribution in [0, 0.1) is 6.92 Å². The first kappa shape index (κ1) is 14.1. The maximum atomic E-state index is 12.3. The van der Waals surface area contributed by atoms with Crippen molar-refractivity contribution in [3.63, 3.8) is 0 Å². The van der Waals surface area contributed by atoms with Gasteiger partial charge in [-0.1, -0.05) is 0 Å². The minimum Gasteiger partial charge on any atom is -0.307 e. The fourth-order valence-corrected chi connectivity index (χ4v) is 1.98. The number of aromatic nitrogens is 1. The van der Waals surface area contributed by atoms with Crippen LogP contribution in [0.25, 0.3) is 0 Å². The molecule has 3 nitrogen and oxygen atoms in total. The molecule has 1 aromatic rings. The van der Waals surface area contributed by atoms with Crippen LogP contribution < -0.4 is 10.9 Å². The standard InChI is InChI=1S/C10H11F3N2O.ClH/c1-6-2-9(16)15(5-10(11,12)13)8-4-14-3-7(6)8;/h2,14H,3-5H2,1H3;1H. The summed E-state index contributed by atoms with van der Waals surface area (Å²) in [6, 6.07) is 1.26. The first-order valence-electron chi connectivity index (χ1n) is 4.88. The van der Waals surface area contributed by atoms with E-state index in [1.165, 1.54) is 6.07 Å². The Morgan fingerprint density at radius 2 is 2.06 bits per heavy atom. The molecular weight excluding hydrogens is 257 g/mol. The topological polar surface area (TPSA) is 34.0 Å². The normalized spacial score (nSPS) is 14.4. The van der Waals surface area contributed by atoms with Gasteiger partial charge in [0.1, 0.15) is 6.54 Å². The number of halogens is 4. The van der Waals surface area contributed by atoms with Gasteiger partial charge in [0.25, 0.3) is 5.56 Å². The fourth-order valence-electron chi connectivity index (χ4n) is 1.98. The molecular formula is C10H12ClF3N2O. The molecule has 0 aromatic carbocycles. The molecule has 1 N–H and O–H groups in total. The SMILES string of the molecule is Cc1cc(=O)n(CC(F)(F)F)c2c1CNC2.Cl. The summed E-state index contributed by atoms with van der Waals surface area (Å²) in [6.45, 7) is 1.38. The highest BCUT2D eigenvalue weighted by Crippen LogP contribution is 2.22. The van der Waals surface area contributed by atoms with Crippen LogP contribution >= 0.6 is 12.4 Å². The Hall–Kier alpha value is -1.01. The van der Waals surface area contributed by atoms with Crippen molar-refractivity contribution in [2.45, 2.75) is 32.7 Å². The van der Waals surface area contributed by atoms with Crippen molar-refractivity contribution in [1.29, 1.82) is 0 Å². The predicted molar refractivity (Wildman–Crippen MR) is 59.3 cm³/mol. The zero-order valence-corrected chi connectivity index (χ0v) is 9.91. The summed E-state index contributed by atoms with van der Waals surface area (Å²) >= 11 is 0. The van der Waals surface area contributed by atoms with Gasteiger partial charge in [-0.25, -0.2) is 0 Å². The van der Waals surface area contributed by atoms with Gasteiger partial charge in [0.15, 0.2) is 0 Å². The summed E-state index contributed by atoms with van der Waals surface area (Å²) in [4.78, 5) is 11.5. The molecule has 17 heavy (non-hydrogen) atoms. The van der Waals surface area contributed by atoms with Crippen LogP contribution in [0.4, 0.5) is 13.2 Å². The van der Waals surface area contributed by atoms with E-state index < -0.39 is 18.3 Å². The highest BCUT2D eigenvalue weighted by atomic mass is 35.5. The minimum absolute atomic E-state index is 0. The van der Waals surface area contributed by atoms with Crippen LogP contribution in [0.1, 0.15) is 16.8 Å². The number of nitrogens with one attached hydrogen (secondary N) is 1. The van der Waals surface area contributed by atoms with Gasteiger partial charge in [0.05, 0.1) is 0 Å². The summed E-state index contributed by atoms with van der Waals surface area (Å²) in [7, 11) is 0. The Balaban J connectivity index is 0.00000144. The quantitative estimate of drug-likeness (QED) is 0.842. The van der Waals surface area contributed by atoms with E-state index in [2.05, 4.69) is 5.32 Å². The lowest BCUT2D eigenvalue weighted by atomic mass is 10.1. The molecule has 0 saturated carbocycles. The summed E-state index contributed by atoms with van der Waals surface area (Å²) in [5.41, 5.74) is 1.44. The zero-order valence-electron chi connectivity index (χ0n) is 9.10. The van der Waals surface area contributed by atoms with Crippen LogP contribution in [0.5, 0.6) is 0 Å². The molecule has 1 aliphatic heterocycles. The van der Waals surface area contributed by atoms with Gasteiger partial charge in [-0.3, -0.25) is 4.79 Å². The molecule has 2 heterocycles. The lowest BCUT2D eigenvalue weighted by Gasteiger charge is -2.14. The van der Waals surface area contributed by atoms with E-state index in [0.29, 0.717) is 18.8 Å². The largest absolute Gasteiger partial charge is 0.406 e. The smallest absolute Gasteiger partial charge is 0.307 e. The highest BCUT2D eigenvalue weighted by molar-refractivity contribution is 5.85. The van der Waals surface area contributed by atoms with E-state index in [4.69, 9.17) is 0 Å². The van der Waals surface area contributed by atoms with Crippen molar-refractivity contribution in [2.24, 2.45) is 0 Å². The Kier molecular flexibility index (Phi) is 3.88. The second-order valence-corrected chi connectivity index (χ2v) is 3.90. The lowest BCUT2D eigenvalue weighted by molar-refractivity contribution is -0.141. The van der Waals surface area contributed by atoms with Gasteiger partial charge >= 0.3 is 6.18 Å². The van der Waals surface area contributed by atoms with Gasteiger partial charge in [-0.2, -0.15) is 13.2 Å². The van der Waals surface area contributed by atoms with Crippen molar-refractivity contribution >= 4 is 12.4 Å². The maximum absolute atomic E-state index is 12.3. The van der Waals surface area contributed by atoms with Crippen molar-refractivity contribution in [3.8, 4) is 0 Å². The Labute approximate surface area is 102 Å². The molecule has 0 bridgehead atoms. The molecule has 0 atom stereocenters. The van der Waals surface area contributed by atoms with E-state index in [9.17, 15) is 18.0 Å². The van der Waals surface area contributed by atoms with Crippen LogP contribution in [-0.4, -0.2) is 10.7 Å². The average Bonchev–Trinajstić information content (AvgIpc) is 2.59. The van der Waals surface area contributed by atoms with E-state index in [1.807, 2.05) is 0 Å². The molecule has 1 aromatic heterocycles. The number of aryl methyl sites for hydroxylation is 1. The van der Waals surface area contributed by atoms with Crippen LogP contribution in [0.3, 0.4) is 0 Å². The number of nitrogens with zero attached hydrogens (tertiary/aromatic N) is 1. The molecule has 7 heteroatoms. The lowest BCUT2D eigenvalue weighted by Crippen LogP contribution is -2.30. The van der Waals surface area contributed by atoms with Crippen molar-refractivity contribution in [2.75, 3.05) is 0 Å². The van der Waals surface area contributed by atoms with Gasteiger partial charge in [0, 0.05) is 24.8 Å². The number of hydrogen-bond donors (Lipinski definition) is 1. The van der Waals surface area contributed by atoms with Crippen molar-refractivity contribution in [3.05, 3.63) is 33.2 Å². The molecule has 0 amide bonds. The average molecular weight is 269 g/mol. The summed E-state index contributed by atoms with van der Waals surface area (Å²) in [5.74, 6) is 0. The molecule has 0 radical (unpaired) electrons.